The van der Waals surface area contributed by atoms with Crippen LogP contribution in [-0.2, 0) is 9.53 Å². The first-order valence-electron chi connectivity index (χ1n) is 10.4. The molecule has 2 aromatic rings. The van der Waals surface area contributed by atoms with Gasteiger partial charge >= 0.3 is 5.97 Å². The van der Waals surface area contributed by atoms with Crippen molar-refractivity contribution < 1.29 is 19.4 Å². The van der Waals surface area contributed by atoms with Gasteiger partial charge in [-0.05, 0) is 30.7 Å². The SMILES string of the molecule is O=C(O)c1csc(SCCN2C(=O)CCC2CNc2ccc(N3CCOCC3)cc2)n1. The summed E-state index contributed by atoms with van der Waals surface area (Å²) in [5.74, 6) is -0.134. The van der Waals surface area contributed by atoms with E-state index in [0.29, 0.717) is 25.3 Å². The van der Waals surface area contributed by atoms with Gasteiger partial charge in [-0.15, -0.1) is 11.3 Å². The van der Waals surface area contributed by atoms with E-state index in [9.17, 15) is 9.59 Å². The Kier molecular flexibility index (Phi) is 7.31. The number of anilines is 2. The van der Waals surface area contributed by atoms with Crippen LogP contribution in [0.1, 0.15) is 23.3 Å². The van der Waals surface area contributed by atoms with Crippen LogP contribution >= 0.6 is 23.1 Å². The van der Waals surface area contributed by atoms with E-state index in [1.54, 1.807) is 5.38 Å². The second-order valence-electron chi connectivity index (χ2n) is 7.46. The van der Waals surface area contributed by atoms with E-state index in [1.165, 1.54) is 28.8 Å². The Morgan fingerprint density at radius 2 is 2.06 bits per heavy atom. The Bertz CT molecular complexity index is 899. The van der Waals surface area contributed by atoms with Gasteiger partial charge in [0.25, 0.3) is 0 Å². The first kappa shape index (κ1) is 21.9. The number of aromatic carboxylic acids is 1. The topological polar surface area (TPSA) is 95.0 Å². The van der Waals surface area contributed by atoms with Crippen LogP contribution in [0.5, 0.6) is 0 Å². The number of carbonyl (C=O) groups excluding carboxylic acids is 1. The Balaban J connectivity index is 1.25. The number of nitrogens with one attached hydrogen (secondary N) is 1. The van der Waals surface area contributed by atoms with Crippen LogP contribution in [0.25, 0.3) is 0 Å². The average Bonchev–Trinajstić information content (AvgIpc) is 3.41. The summed E-state index contributed by atoms with van der Waals surface area (Å²) in [6.45, 7) is 4.73. The number of carbonyl (C=O) groups is 2. The zero-order valence-electron chi connectivity index (χ0n) is 17.2. The third-order valence-electron chi connectivity index (χ3n) is 5.50. The quantitative estimate of drug-likeness (QED) is 0.550. The van der Waals surface area contributed by atoms with E-state index in [-0.39, 0.29) is 17.6 Å². The Hall–Kier alpha value is -2.30. The van der Waals surface area contributed by atoms with Crippen molar-refractivity contribution in [1.82, 2.24) is 9.88 Å². The van der Waals surface area contributed by atoms with Crippen molar-refractivity contribution in [3.05, 3.63) is 35.3 Å². The number of aromatic nitrogens is 1. The van der Waals surface area contributed by atoms with Crippen molar-refractivity contribution in [2.24, 2.45) is 0 Å². The number of morpholine rings is 1. The maximum absolute atomic E-state index is 12.3. The fourth-order valence-electron chi connectivity index (χ4n) is 3.81. The summed E-state index contributed by atoms with van der Waals surface area (Å²) in [4.78, 5) is 31.6. The van der Waals surface area contributed by atoms with Gasteiger partial charge in [-0.2, -0.15) is 0 Å². The molecule has 2 fully saturated rings. The van der Waals surface area contributed by atoms with Crippen LogP contribution in [0, 0.1) is 0 Å². The van der Waals surface area contributed by atoms with Crippen LogP contribution < -0.4 is 10.2 Å². The smallest absolute Gasteiger partial charge is 0.355 e. The Morgan fingerprint density at radius 1 is 1.29 bits per heavy atom. The van der Waals surface area contributed by atoms with E-state index in [4.69, 9.17) is 9.84 Å². The maximum Gasteiger partial charge on any atom is 0.355 e. The van der Waals surface area contributed by atoms with E-state index >= 15 is 0 Å². The highest BCUT2D eigenvalue weighted by Gasteiger charge is 2.30. The minimum Gasteiger partial charge on any atom is -0.476 e. The highest BCUT2D eigenvalue weighted by atomic mass is 32.2. The minimum absolute atomic E-state index is 0.0754. The molecular weight excluding hydrogens is 436 g/mol. The van der Waals surface area contributed by atoms with Gasteiger partial charge < -0.3 is 25.0 Å². The summed E-state index contributed by atoms with van der Waals surface area (Å²) in [5.41, 5.74) is 2.33. The summed E-state index contributed by atoms with van der Waals surface area (Å²) >= 11 is 2.82. The number of hydrogen-bond acceptors (Lipinski definition) is 8. The summed E-state index contributed by atoms with van der Waals surface area (Å²) in [7, 11) is 0. The molecule has 166 valence electrons. The summed E-state index contributed by atoms with van der Waals surface area (Å²) in [6.07, 6.45) is 1.43. The fourth-order valence-corrected chi connectivity index (χ4v) is 5.62. The van der Waals surface area contributed by atoms with Crippen molar-refractivity contribution in [2.75, 3.05) is 55.4 Å². The molecule has 2 N–H and O–H groups in total. The molecule has 1 atom stereocenters. The Morgan fingerprint density at radius 3 is 2.77 bits per heavy atom. The number of likely N-dealkylation sites (tertiary alicyclic amines) is 1. The zero-order chi connectivity index (χ0) is 21.6. The lowest BCUT2D eigenvalue weighted by Gasteiger charge is -2.29. The molecular formula is C21H26N4O4S2. The van der Waals surface area contributed by atoms with Crippen molar-refractivity contribution >= 4 is 46.3 Å². The normalized spacial score (nSPS) is 19.1. The number of amides is 1. The van der Waals surface area contributed by atoms with Gasteiger partial charge in [0.2, 0.25) is 5.91 Å². The summed E-state index contributed by atoms with van der Waals surface area (Å²) in [5, 5.41) is 14.0. The molecule has 0 saturated carbocycles. The van der Waals surface area contributed by atoms with Crippen LogP contribution in [0.2, 0.25) is 0 Å². The van der Waals surface area contributed by atoms with Gasteiger partial charge in [0, 0.05) is 61.1 Å². The molecule has 0 bridgehead atoms. The van der Waals surface area contributed by atoms with Gasteiger partial charge in [0.1, 0.15) is 0 Å². The molecule has 3 heterocycles. The third-order valence-corrected chi connectivity index (χ3v) is 7.50. The van der Waals surface area contributed by atoms with Crippen LogP contribution in [-0.4, -0.2) is 78.1 Å². The van der Waals surface area contributed by atoms with Crippen molar-refractivity contribution in [3.63, 3.8) is 0 Å². The van der Waals surface area contributed by atoms with Gasteiger partial charge in [-0.1, -0.05) is 11.8 Å². The number of hydrogen-bond donors (Lipinski definition) is 2. The predicted molar refractivity (Wildman–Crippen MR) is 122 cm³/mol. The molecule has 1 unspecified atom stereocenters. The largest absolute Gasteiger partial charge is 0.476 e. The maximum atomic E-state index is 12.3. The highest BCUT2D eigenvalue weighted by Crippen LogP contribution is 2.25. The molecule has 4 rings (SSSR count). The molecule has 31 heavy (non-hydrogen) atoms. The number of thioether (sulfide) groups is 1. The fraction of sp³-hybridized carbons (Fsp3) is 0.476. The van der Waals surface area contributed by atoms with E-state index in [2.05, 4.69) is 39.5 Å². The lowest BCUT2D eigenvalue weighted by Crippen LogP contribution is -2.39. The number of thiazole rings is 1. The molecule has 2 aliphatic heterocycles. The van der Waals surface area contributed by atoms with E-state index < -0.39 is 5.97 Å². The molecule has 0 radical (unpaired) electrons. The lowest BCUT2D eigenvalue weighted by atomic mass is 10.2. The number of nitrogens with zero attached hydrogens (tertiary/aromatic N) is 3. The number of benzene rings is 1. The van der Waals surface area contributed by atoms with Crippen molar-refractivity contribution in [3.8, 4) is 0 Å². The minimum atomic E-state index is -1.01. The number of rotatable bonds is 9. The van der Waals surface area contributed by atoms with Crippen LogP contribution in [0.4, 0.5) is 11.4 Å². The second kappa shape index (κ2) is 10.3. The average molecular weight is 463 g/mol. The molecule has 1 aromatic heterocycles. The van der Waals surface area contributed by atoms with Gasteiger partial charge in [0.15, 0.2) is 10.0 Å². The molecule has 1 aromatic carbocycles. The predicted octanol–water partition coefficient (Wildman–Crippen LogP) is 2.87. The highest BCUT2D eigenvalue weighted by molar-refractivity contribution is 8.01. The number of carboxylic acid groups (broad SMARTS) is 1. The van der Waals surface area contributed by atoms with Gasteiger partial charge in [0.05, 0.1) is 13.2 Å². The van der Waals surface area contributed by atoms with Gasteiger partial charge in [-0.3, -0.25) is 4.79 Å². The summed E-state index contributed by atoms with van der Waals surface area (Å²) < 4.78 is 6.13. The van der Waals surface area contributed by atoms with Crippen LogP contribution in [0.3, 0.4) is 0 Å². The van der Waals surface area contributed by atoms with Crippen molar-refractivity contribution in [2.45, 2.75) is 23.2 Å². The standard InChI is InChI=1S/C21H26N4O4S2/c26-19-6-5-17(25(19)9-12-30-21-23-18(14-31-21)20(27)28)13-22-15-1-3-16(4-2-15)24-7-10-29-11-8-24/h1-4,14,17,22H,5-13H2,(H,27,28). The van der Waals surface area contributed by atoms with Gasteiger partial charge in [-0.25, -0.2) is 9.78 Å². The zero-order valence-corrected chi connectivity index (χ0v) is 18.8. The first-order valence-corrected chi connectivity index (χ1v) is 12.2. The first-order chi connectivity index (χ1) is 15.1. The molecule has 2 saturated heterocycles. The molecule has 8 nitrogen and oxygen atoms in total. The molecule has 0 spiro atoms. The van der Waals surface area contributed by atoms with E-state index in [0.717, 1.165) is 42.8 Å². The molecule has 1 amide bonds. The molecule has 0 aliphatic carbocycles. The Labute approximate surface area is 189 Å². The molecule has 2 aliphatic rings. The molecule has 10 heteroatoms. The van der Waals surface area contributed by atoms with Crippen LogP contribution in [0.15, 0.2) is 34.0 Å². The number of ether oxygens (including phenoxy) is 1. The lowest BCUT2D eigenvalue weighted by molar-refractivity contribution is -0.128. The monoisotopic (exact) mass is 462 g/mol. The van der Waals surface area contributed by atoms with E-state index in [1.807, 2.05) is 4.90 Å². The van der Waals surface area contributed by atoms with Crippen molar-refractivity contribution in [1.29, 1.82) is 0 Å². The third kappa shape index (κ3) is 5.69. The number of carboxylic acids is 1. The second-order valence-corrected chi connectivity index (χ2v) is 9.66. The summed E-state index contributed by atoms with van der Waals surface area (Å²) in [6, 6.07) is 8.59.